The highest BCUT2D eigenvalue weighted by atomic mass is 32.2. The predicted octanol–water partition coefficient (Wildman–Crippen LogP) is 4.37. The SMILES string of the molecule is COc1ccc(-n2c(SCC(=O)N3CCCCCC3)nc3c([nH]c4ccccc43)c2=O)cc1. The minimum absolute atomic E-state index is 0.0939. The van der Waals surface area contributed by atoms with Crippen LogP contribution >= 0.6 is 11.8 Å². The van der Waals surface area contributed by atoms with Gasteiger partial charge in [-0.3, -0.25) is 14.2 Å². The number of aromatic nitrogens is 3. The van der Waals surface area contributed by atoms with Gasteiger partial charge in [-0.25, -0.2) is 4.98 Å². The maximum Gasteiger partial charge on any atom is 0.283 e. The van der Waals surface area contributed by atoms with Crippen molar-refractivity contribution in [2.45, 2.75) is 30.8 Å². The smallest absolute Gasteiger partial charge is 0.283 e. The lowest BCUT2D eigenvalue weighted by atomic mass is 10.2. The van der Waals surface area contributed by atoms with E-state index in [-0.39, 0.29) is 17.2 Å². The van der Waals surface area contributed by atoms with E-state index in [0.29, 0.717) is 27.6 Å². The second kappa shape index (κ2) is 9.31. The first-order chi connectivity index (χ1) is 16.2. The van der Waals surface area contributed by atoms with Crippen LogP contribution in [0.4, 0.5) is 0 Å². The third-order valence-electron chi connectivity index (χ3n) is 6.11. The van der Waals surface area contributed by atoms with E-state index in [2.05, 4.69) is 4.98 Å². The lowest BCUT2D eigenvalue weighted by Crippen LogP contribution is -2.33. The van der Waals surface area contributed by atoms with E-state index in [1.54, 1.807) is 11.7 Å². The first-order valence-electron chi connectivity index (χ1n) is 11.2. The van der Waals surface area contributed by atoms with Gasteiger partial charge < -0.3 is 14.6 Å². The van der Waals surface area contributed by atoms with Crippen LogP contribution in [-0.2, 0) is 4.79 Å². The largest absolute Gasteiger partial charge is 0.497 e. The highest BCUT2D eigenvalue weighted by Gasteiger charge is 2.20. The number of nitrogens with one attached hydrogen (secondary N) is 1. The van der Waals surface area contributed by atoms with Gasteiger partial charge in [0.05, 0.1) is 18.6 Å². The molecule has 0 aliphatic carbocycles. The number of amides is 1. The molecule has 1 aliphatic heterocycles. The molecule has 7 nitrogen and oxygen atoms in total. The van der Waals surface area contributed by atoms with Crippen LogP contribution in [0.5, 0.6) is 5.75 Å². The molecule has 0 saturated carbocycles. The van der Waals surface area contributed by atoms with Crippen LogP contribution in [-0.4, -0.2) is 51.3 Å². The summed E-state index contributed by atoms with van der Waals surface area (Å²) in [5.41, 5.74) is 2.44. The number of methoxy groups -OCH3 is 1. The molecule has 0 atom stereocenters. The van der Waals surface area contributed by atoms with E-state index in [0.717, 1.165) is 36.8 Å². The van der Waals surface area contributed by atoms with Crippen LogP contribution in [0.15, 0.2) is 58.5 Å². The molecule has 33 heavy (non-hydrogen) atoms. The van der Waals surface area contributed by atoms with Crippen molar-refractivity contribution in [2.75, 3.05) is 26.0 Å². The highest BCUT2D eigenvalue weighted by molar-refractivity contribution is 7.99. The van der Waals surface area contributed by atoms with Gasteiger partial charge in [0.15, 0.2) is 5.16 Å². The first kappa shape index (κ1) is 21.6. The zero-order valence-corrected chi connectivity index (χ0v) is 19.4. The van der Waals surface area contributed by atoms with E-state index in [9.17, 15) is 9.59 Å². The molecular formula is C25H26N4O3S. The van der Waals surface area contributed by atoms with Crippen molar-refractivity contribution >= 4 is 39.6 Å². The van der Waals surface area contributed by atoms with Gasteiger partial charge in [0, 0.05) is 24.0 Å². The fraction of sp³-hybridized carbons (Fsp3) is 0.320. The number of benzene rings is 2. The summed E-state index contributed by atoms with van der Waals surface area (Å²) in [6, 6.07) is 15.0. The van der Waals surface area contributed by atoms with Crippen LogP contribution in [0.2, 0.25) is 0 Å². The van der Waals surface area contributed by atoms with E-state index in [1.165, 1.54) is 24.6 Å². The number of likely N-dealkylation sites (tertiary alicyclic amines) is 1. The number of fused-ring (bicyclic) bond motifs is 3. The monoisotopic (exact) mass is 462 g/mol. The zero-order valence-electron chi connectivity index (χ0n) is 18.5. The van der Waals surface area contributed by atoms with Gasteiger partial charge in [-0.15, -0.1) is 0 Å². The van der Waals surface area contributed by atoms with Crippen molar-refractivity contribution in [3.63, 3.8) is 0 Å². The number of hydrogen-bond acceptors (Lipinski definition) is 5. The Kier molecular flexibility index (Phi) is 6.09. The number of ether oxygens (including phenoxy) is 1. The fourth-order valence-electron chi connectivity index (χ4n) is 4.34. The number of carbonyl (C=O) groups is 1. The average molecular weight is 463 g/mol. The van der Waals surface area contributed by atoms with E-state index >= 15 is 0 Å². The molecule has 0 bridgehead atoms. The summed E-state index contributed by atoms with van der Waals surface area (Å²) in [5, 5.41) is 1.40. The standard InChI is InChI=1S/C25H26N4O3S/c1-32-18-12-10-17(11-13-18)29-24(31)23-22(19-8-4-5-9-20(19)26-23)27-25(29)33-16-21(30)28-14-6-2-3-7-15-28/h4-5,8-13,26H,2-3,6-7,14-16H2,1H3. The number of rotatable bonds is 5. The number of H-pyrrole nitrogens is 1. The Bertz CT molecular complexity index is 1350. The van der Waals surface area contributed by atoms with Crippen LogP contribution in [0.1, 0.15) is 25.7 Å². The maximum absolute atomic E-state index is 13.6. The molecule has 2 aromatic carbocycles. The number of hydrogen-bond donors (Lipinski definition) is 1. The third kappa shape index (κ3) is 4.23. The van der Waals surface area contributed by atoms with Crippen molar-refractivity contribution in [1.82, 2.24) is 19.4 Å². The first-order valence-corrected chi connectivity index (χ1v) is 12.2. The molecule has 8 heteroatoms. The van der Waals surface area contributed by atoms with Gasteiger partial charge in [0.25, 0.3) is 5.56 Å². The fourth-order valence-corrected chi connectivity index (χ4v) is 5.24. The second-order valence-corrected chi connectivity index (χ2v) is 9.15. The lowest BCUT2D eigenvalue weighted by Gasteiger charge is -2.20. The van der Waals surface area contributed by atoms with Gasteiger partial charge in [-0.05, 0) is 43.2 Å². The Hall–Kier alpha value is -3.26. The van der Waals surface area contributed by atoms with Crippen molar-refractivity contribution in [3.8, 4) is 11.4 Å². The van der Waals surface area contributed by atoms with Crippen molar-refractivity contribution in [3.05, 3.63) is 58.9 Å². The minimum Gasteiger partial charge on any atom is -0.497 e. The summed E-state index contributed by atoms with van der Waals surface area (Å²) >= 11 is 1.32. The van der Waals surface area contributed by atoms with E-state index < -0.39 is 0 Å². The summed E-state index contributed by atoms with van der Waals surface area (Å²) in [4.78, 5) is 36.6. The van der Waals surface area contributed by atoms with E-state index in [4.69, 9.17) is 9.72 Å². The lowest BCUT2D eigenvalue weighted by molar-refractivity contribution is -0.128. The molecule has 0 radical (unpaired) electrons. The van der Waals surface area contributed by atoms with Crippen molar-refractivity contribution in [1.29, 1.82) is 0 Å². The molecule has 1 amide bonds. The zero-order chi connectivity index (χ0) is 22.8. The Morgan fingerprint density at radius 1 is 1.06 bits per heavy atom. The minimum atomic E-state index is -0.189. The van der Waals surface area contributed by atoms with Gasteiger partial charge in [-0.2, -0.15) is 0 Å². The Morgan fingerprint density at radius 3 is 2.52 bits per heavy atom. The van der Waals surface area contributed by atoms with Crippen LogP contribution in [0.3, 0.4) is 0 Å². The predicted molar refractivity (Wildman–Crippen MR) is 132 cm³/mol. The molecule has 0 spiro atoms. The topological polar surface area (TPSA) is 80.2 Å². The van der Waals surface area contributed by atoms with Crippen molar-refractivity contribution in [2.24, 2.45) is 0 Å². The average Bonchev–Trinajstić information content (AvgIpc) is 3.01. The second-order valence-electron chi connectivity index (χ2n) is 8.21. The summed E-state index contributed by atoms with van der Waals surface area (Å²) < 4.78 is 6.85. The molecule has 0 unspecified atom stereocenters. The van der Waals surface area contributed by atoms with Crippen LogP contribution in [0.25, 0.3) is 27.6 Å². The Labute approximate surface area is 195 Å². The Morgan fingerprint density at radius 2 is 1.79 bits per heavy atom. The maximum atomic E-state index is 13.6. The van der Waals surface area contributed by atoms with Gasteiger partial charge in [0.2, 0.25) is 5.91 Å². The summed E-state index contributed by atoms with van der Waals surface area (Å²) in [6.07, 6.45) is 4.44. The number of carbonyl (C=O) groups excluding carboxylic acids is 1. The molecule has 1 aliphatic rings. The van der Waals surface area contributed by atoms with E-state index in [1.807, 2.05) is 53.4 Å². The summed E-state index contributed by atoms with van der Waals surface area (Å²) in [6.45, 7) is 1.61. The molecule has 170 valence electrons. The van der Waals surface area contributed by atoms with Gasteiger partial charge >= 0.3 is 0 Å². The molecular weight excluding hydrogens is 436 g/mol. The number of nitrogens with zero attached hydrogens (tertiary/aromatic N) is 3. The third-order valence-corrected chi connectivity index (χ3v) is 7.03. The highest BCUT2D eigenvalue weighted by Crippen LogP contribution is 2.27. The van der Waals surface area contributed by atoms with Crippen LogP contribution in [0, 0.1) is 0 Å². The summed E-state index contributed by atoms with van der Waals surface area (Å²) in [7, 11) is 1.61. The number of aromatic amines is 1. The number of thioether (sulfide) groups is 1. The Balaban J connectivity index is 1.57. The summed E-state index contributed by atoms with van der Waals surface area (Å²) in [5.74, 6) is 1.05. The van der Waals surface area contributed by atoms with Crippen LogP contribution < -0.4 is 10.3 Å². The molecule has 1 saturated heterocycles. The molecule has 1 N–H and O–H groups in total. The quantitative estimate of drug-likeness (QED) is 0.352. The molecule has 5 rings (SSSR count). The van der Waals surface area contributed by atoms with Gasteiger partial charge in [-0.1, -0.05) is 42.8 Å². The molecule has 1 fully saturated rings. The normalized spacial score (nSPS) is 14.5. The van der Waals surface area contributed by atoms with Crippen molar-refractivity contribution < 1.29 is 9.53 Å². The molecule has 2 aromatic heterocycles. The molecule has 3 heterocycles. The van der Waals surface area contributed by atoms with Gasteiger partial charge in [0.1, 0.15) is 16.8 Å². The molecule has 4 aromatic rings. The number of para-hydroxylation sites is 1.